The van der Waals surface area contributed by atoms with Crippen LogP contribution in [0.25, 0.3) is 11.6 Å². The second-order valence-electron chi connectivity index (χ2n) is 9.53. The minimum Gasteiger partial charge on any atom is -0.507 e. The number of carbonyl (C=O) groups excluding carboxylic acids is 1. The summed E-state index contributed by atoms with van der Waals surface area (Å²) in [5, 5.41) is 13.8. The molecule has 1 amide bonds. The van der Waals surface area contributed by atoms with Crippen molar-refractivity contribution in [2.75, 3.05) is 5.32 Å². The summed E-state index contributed by atoms with van der Waals surface area (Å²) >= 11 is 0. The van der Waals surface area contributed by atoms with Crippen LogP contribution in [-0.4, -0.2) is 11.0 Å². The lowest BCUT2D eigenvalue weighted by molar-refractivity contribution is -0.110. The second kappa shape index (κ2) is 6.26. The molecule has 2 aromatic rings. The highest BCUT2D eigenvalue weighted by molar-refractivity contribution is 6.34. The summed E-state index contributed by atoms with van der Waals surface area (Å²) in [5.74, 6) is 0.266. The largest absolute Gasteiger partial charge is 0.507 e. The van der Waals surface area contributed by atoms with E-state index >= 15 is 0 Å². The van der Waals surface area contributed by atoms with Crippen LogP contribution in [0.3, 0.4) is 0 Å². The molecule has 0 aliphatic carbocycles. The van der Waals surface area contributed by atoms with Gasteiger partial charge in [0.25, 0.3) is 5.91 Å². The highest BCUT2D eigenvalue weighted by Crippen LogP contribution is 2.41. The van der Waals surface area contributed by atoms with Crippen LogP contribution in [0.4, 0.5) is 5.69 Å². The zero-order valence-electron chi connectivity index (χ0n) is 17.3. The fourth-order valence-electron chi connectivity index (χ4n) is 3.50. The van der Waals surface area contributed by atoms with E-state index in [2.05, 4.69) is 46.9 Å². The first kappa shape index (κ1) is 19.2. The molecule has 1 aliphatic heterocycles. The van der Waals surface area contributed by atoms with E-state index in [-0.39, 0.29) is 16.7 Å². The van der Waals surface area contributed by atoms with E-state index in [1.165, 1.54) is 0 Å². The third-order valence-electron chi connectivity index (χ3n) is 5.02. The summed E-state index contributed by atoms with van der Waals surface area (Å²) < 4.78 is 0. The standard InChI is InChI=1S/C24H29NO2/c1-14-8-9-16-17(22(27)25-20(16)10-14)11-15-12-18(23(2,3)4)21(26)19(13-15)24(5,6)7/h8-13,26H,1-7H3,(H,25,27)/b17-11-. The third-order valence-corrected chi connectivity index (χ3v) is 5.02. The minimum absolute atomic E-state index is 0.0849. The van der Waals surface area contributed by atoms with Crippen molar-refractivity contribution in [1.29, 1.82) is 0 Å². The fraction of sp³-hybridized carbons (Fsp3) is 0.375. The molecule has 142 valence electrons. The lowest BCUT2D eigenvalue weighted by Gasteiger charge is -2.28. The van der Waals surface area contributed by atoms with E-state index in [0.29, 0.717) is 11.3 Å². The minimum atomic E-state index is -0.203. The predicted molar refractivity (Wildman–Crippen MR) is 113 cm³/mol. The number of hydrogen-bond donors (Lipinski definition) is 2. The molecule has 0 spiro atoms. The van der Waals surface area contributed by atoms with Gasteiger partial charge in [-0.25, -0.2) is 0 Å². The average molecular weight is 364 g/mol. The Morgan fingerprint density at radius 2 is 1.48 bits per heavy atom. The highest BCUT2D eigenvalue weighted by Gasteiger charge is 2.28. The van der Waals surface area contributed by atoms with Gasteiger partial charge in [-0.1, -0.05) is 53.7 Å². The Balaban J connectivity index is 2.21. The molecule has 2 aromatic carbocycles. The van der Waals surface area contributed by atoms with Crippen molar-refractivity contribution in [3.05, 3.63) is 58.1 Å². The van der Waals surface area contributed by atoms with Crippen molar-refractivity contribution in [1.82, 2.24) is 0 Å². The fourth-order valence-corrected chi connectivity index (χ4v) is 3.50. The highest BCUT2D eigenvalue weighted by atomic mass is 16.3. The molecule has 1 heterocycles. The molecule has 2 N–H and O–H groups in total. The topological polar surface area (TPSA) is 49.3 Å². The first-order valence-corrected chi connectivity index (χ1v) is 9.40. The van der Waals surface area contributed by atoms with Gasteiger partial charge in [-0.2, -0.15) is 0 Å². The van der Waals surface area contributed by atoms with Gasteiger partial charge in [0, 0.05) is 28.0 Å². The monoisotopic (exact) mass is 363 g/mol. The number of hydrogen-bond acceptors (Lipinski definition) is 2. The maximum atomic E-state index is 12.5. The molecule has 0 bridgehead atoms. The van der Waals surface area contributed by atoms with Gasteiger partial charge in [0.1, 0.15) is 5.75 Å². The predicted octanol–water partition coefficient (Wildman–Crippen LogP) is 5.79. The van der Waals surface area contributed by atoms with E-state index in [0.717, 1.165) is 33.5 Å². The number of fused-ring (bicyclic) bond motifs is 1. The molecule has 0 fully saturated rings. The smallest absolute Gasteiger partial charge is 0.256 e. The van der Waals surface area contributed by atoms with Gasteiger partial charge in [-0.15, -0.1) is 0 Å². The third kappa shape index (κ3) is 3.64. The lowest BCUT2D eigenvalue weighted by Crippen LogP contribution is -2.17. The SMILES string of the molecule is Cc1ccc2c(c1)NC(=O)/C2=C\c1cc(C(C)(C)C)c(O)c(C(C)(C)C)c1. The molecule has 0 unspecified atom stereocenters. The number of anilines is 1. The van der Waals surface area contributed by atoms with Crippen LogP contribution in [0.5, 0.6) is 5.75 Å². The molecule has 0 saturated carbocycles. The van der Waals surface area contributed by atoms with E-state index in [1.54, 1.807) is 0 Å². The number of nitrogens with one attached hydrogen (secondary N) is 1. The first-order valence-electron chi connectivity index (χ1n) is 9.40. The van der Waals surface area contributed by atoms with Gasteiger partial charge in [0.15, 0.2) is 0 Å². The Hall–Kier alpha value is -2.55. The molecule has 0 aromatic heterocycles. The van der Waals surface area contributed by atoms with E-state index in [4.69, 9.17) is 0 Å². The number of aryl methyl sites for hydroxylation is 1. The summed E-state index contributed by atoms with van der Waals surface area (Å²) in [5.41, 5.74) is 5.87. The summed E-state index contributed by atoms with van der Waals surface area (Å²) in [6.45, 7) is 14.5. The van der Waals surface area contributed by atoms with Crippen LogP contribution in [-0.2, 0) is 15.6 Å². The van der Waals surface area contributed by atoms with Crippen LogP contribution >= 0.6 is 0 Å². The van der Waals surface area contributed by atoms with Gasteiger partial charge in [-0.3, -0.25) is 4.79 Å². The van der Waals surface area contributed by atoms with E-state index in [9.17, 15) is 9.90 Å². The van der Waals surface area contributed by atoms with Crippen LogP contribution in [0.1, 0.15) is 69.4 Å². The lowest BCUT2D eigenvalue weighted by atomic mass is 9.78. The number of carbonyl (C=O) groups is 1. The summed E-state index contributed by atoms with van der Waals surface area (Å²) in [4.78, 5) is 12.5. The molecule has 1 aliphatic rings. The Morgan fingerprint density at radius 1 is 0.926 bits per heavy atom. The van der Waals surface area contributed by atoms with Crippen LogP contribution in [0.2, 0.25) is 0 Å². The molecular formula is C24H29NO2. The van der Waals surface area contributed by atoms with Crippen LogP contribution < -0.4 is 5.32 Å². The molecule has 27 heavy (non-hydrogen) atoms. The quantitative estimate of drug-likeness (QED) is 0.630. The Kier molecular flexibility index (Phi) is 4.46. The van der Waals surface area contributed by atoms with Crippen molar-refractivity contribution >= 4 is 23.2 Å². The molecule has 3 rings (SSSR count). The van der Waals surface area contributed by atoms with Crippen molar-refractivity contribution in [3.63, 3.8) is 0 Å². The van der Waals surface area contributed by atoms with Gasteiger partial charge >= 0.3 is 0 Å². The van der Waals surface area contributed by atoms with Gasteiger partial charge in [-0.05, 0) is 53.2 Å². The van der Waals surface area contributed by atoms with Gasteiger partial charge in [0.05, 0.1) is 0 Å². The zero-order valence-corrected chi connectivity index (χ0v) is 17.3. The van der Waals surface area contributed by atoms with Gasteiger partial charge in [0.2, 0.25) is 0 Å². The van der Waals surface area contributed by atoms with Crippen molar-refractivity contribution in [3.8, 4) is 5.75 Å². The van der Waals surface area contributed by atoms with Gasteiger partial charge < -0.3 is 10.4 Å². The zero-order chi connectivity index (χ0) is 20.1. The van der Waals surface area contributed by atoms with Crippen LogP contribution in [0.15, 0.2) is 30.3 Å². The molecule has 3 heteroatoms. The van der Waals surface area contributed by atoms with E-state index < -0.39 is 0 Å². The Morgan fingerprint density at radius 3 is 2.00 bits per heavy atom. The molecule has 0 saturated heterocycles. The number of phenolic OH excluding ortho intramolecular Hbond substituents is 1. The first-order chi connectivity index (χ1) is 12.4. The molecule has 3 nitrogen and oxygen atoms in total. The van der Waals surface area contributed by atoms with Crippen molar-refractivity contribution < 1.29 is 9.90 Å². The number of aromatic hydroxyl groups is 1. The Bertz CT molecular complexity index is 918. The second-order valence-corrected chi connectivity index (χ2v) is 9.53. The number of amides is 1. The maximum absolute atomic E-state index is 12.5. The number of benzene rings is 2. The summed E-state index contributed by atoms with van der Waals surface area (Å²) in [6.07, 6.45) is 1.93. The average Bonchev–Trinajstić information content (AvgIpc) is 2.81. The summed E-state index contributed by atoms with van der Waals surface area (Å²) in [7, 11) is 0. The van der Waals surface area contributed by atoms with Crippen molar-refractivity contribution in [2.24, 2.45) is 0 Å². The normalized spacial score (nSPS) is 15.8. The molecule has 0 atom stereocenters. The van der Waals surface area contributed by atoms with E-state index in [1.807, 2.05) is 43.3 Å². The van der Waals surface area contributed by atoms with Crippen molar-refractivity contribution in [2.45, 2.75) is 59.3 Å². The molecular weight excluding hydrogens is 334 g/mol. The number of rotatable bonds is 1. The Labute approximate surface area is 162 Å². The number of phenols is 1. The maximum Gasteiger partial charge on any atom is 0.256 e. The molecule has 0 radical (unpaired) electrons. The van der Waals surface area contributed by atoms with Crippen LogP contribution in [0, 0.1) is 6.92 Å². The summed E-state index contributed by atoms with van der Waals surface area (Å²) in [6, 6.07) is 10.00.